The van der Waals surface area contributed by atoms with Gasteiger partial charge in [0.15, 0.2) is 10.3 Å². The van der Waals surface area contributed by atoms with Crippen molar-refractivity contribution in [2.75, 3.05) is 13.1 Å². The molecule has 1 aliphatic heterocycles. The molecule has 1 fully saturated rings. The molecule has 14 heavy (non-hydrogen) atoms. The number of rotatable bonds is 2. The number of thiazole rings is 1. The first-order valence-corrected chi connectivity index (χ1v) is 5.23. The maximum Gasteiger partial charge on any atom is 0.245 e. The second-order valence-electron chi connectivity index (χ2n) is 3.08. The Kier molecular flexibility index (Phi) is 1.81. The van der Waals surface area contributed by atoms with E-state index in [2.05, 4.69) is 20.3 Å². The van der Waals surface area contributed by atoms with Crippen molar-refractivity contribution in [3.05, 3.63) is 11.8 Å². The Labute approximate surface area is 84.2 Å². The van der Waals surface area contributed by atoms with Crippen molar-refractivity contribution in [1.29, 1.82) is 0 Å². The largest absolute Gasteiger partial charge is 0.470 e. The number of nitrogens with zero attached hydrogens (tertiary/aromatic N) is 3. The van der Waals surface area contributed by atoms with E-state index in [1.165, 1.54) is 17.7 Å². The van der Waals surface area contributed by atoms with Gasteiger partial charge in [-0.1, -0.05) is 0 Å². The SMILES string of the molecule is c1nc(OC2CNC2)c2ncsc2n1. The molecule has 0 amide bonds. The molecule has 72 valence electrons. The fourth-order valence-corrected chi connectivity index (χ4v) is 1.88. The summed E-state index contributed by atoms with van der Waals surface area (Å²) in [4.78, 5) is 13.2. The zero-order valence-electron chi connectivity index (χ0n) is 7.30. The van der Waals surface area contributed by atoms with Crippen molar-refractivity contribution in [2.24, 2.45) is 0 Å². The van der Waals surface area contributed by atoms with Crippen LogP contribution in [0.3, 0.4) is 0 Å². The molecular weight excluding hydrogens is 200 g/mol. The highest BCUT2D eigenvalue weighted by molar-refractivity contribution is 7.16. The van der Waals surface area contributed by atoms with E-state index in [-0.39, 0.29) is 6.10 Å². The summed E-state index contributed by atoms with van der Waals surface area (Å²) in [6, 6.07) is 0. The predicted octanol–water partition coefficient (Wildman–Crippen LogP) is 0.437. The Morgan fingerprint density at radius 3 is 3.07 bits per heavy atom. The van der Waals surface area contributed by atoms with Crippen molar-refractivity contribution >= 4 is 21.7 Å². The van der Waals surface area contributed by atoms with E-state index in [1.807, 2.05) is 0 Å². The van der Waals surface area contributed by atoms with Gasteiger partial charge >= 0.3 is 0 Å². The maximum absolute atomic E-state index is 5.65. The van der Waals surface area contributed by atoms with E-state index in [9.17, 15) is 0 Å². The minimum atomic E-state index is 0.231. The van der Waals surface area contributed by atoms with Gasteiger partial charge in [-0.2, -0.15) is 4.98 Å². The number of hydrogen-bond acceptors (Lipinski definition) is 6. The van der Waals surface area contributed by atoms with E-state index in [4.69, 9.17) is 4.74 Å². The summed E-state index contributed by atoms with van der Waals surface area (Å²) >= 11 is 1.50. The molecule has 0 radical (unpaired) electrons. The van der Waals surface area contributed by atoms with Gasteiger partial charge in [0, 0.05) is 13.1 Å². The van der Waals surface area contributed by atoms with E-state index in [1.54, 1.807) is 5.51 Å². The van der Waals surface area contributed by atoms with Gasteiger partial charge in [-0.3, -0.25) is 0 Å². The first-order valence-electron chi connectivity index (χ1n) is 4.35. The minimum Gasteiger partial charge on any atom is -0.470 e. The summed E-state index contributed by atoms with van der Waals surface area (Å²) in [7, 11) is 0. The molecule has 2 aromatic rings. The van der Waals surface area contributed by atoms with Gasteiger partial charge in [-0.05, 0) is 0 Å². The highest BCUT2D eigenvalue weighted by Gasteiger charge is 2.20. The normalized spacial score (nSPS) is 16.9. The second kappa shape index (κ2) is 3.14. The summed E-state index contributed by atoms with van der Waals surface area (Å²) < 4.78 is 5.65. The van der Waals surface area contributed by atoms with Crippen LogP contribution in [0.2, 0.25) is 0 Å². The molecule has 1 saturated heterocycles. The average molecular weight is 208 g/mol. The van der Waals surface area contributed by atoms with Crippen LogP contribution in [0.1, 0.15) is 0 Å². The van der Waals surface area contributed by atoms with Gasteiger partial charge in [0.1, 0.15) is 12.4 Å². The lowest BCUT2D eigenvalue weighted by molar-refractivity contribution is 0.138. The van der Waals surface area contributed by atoms with Crippen LogP contribution in [0, 0.1) is 0 Å². The zero-order chi connectivity index (χ0) is 9.38. The highest BCUT2D eigenvalue weighted by Crippen LogP contribution is 2.23. The van der Waals surface area contributed by atoms with Gasteiger partial charge in [0.25, 0.3) is 0 Å². The molecule has 0 spiro atoms. The van der Waals surface area contributed by atoms with Gasteiger partial charge in [0.2, 0.25) is 5.88 Å². The quantitative estimate of drug-likeness (QED) is 0.775. The number of fused-ring (bicyclic) bond motifs is 1. The molecule has 0 bridgehead atoms. The Morgan fingerprint density at radius 2 is 2.29 bits per heavy atom. The monoisotopic (exact) mass is 208 g/mol. The van der Waals surface area contributed by atoms with Crippen molar-refractivity contribution in [1.82, 2.24) is 20.3 Å². The first-order chi connectivity index (χ1) is 6.93. The van der Waals surface area contributed by atoms with Crippen LogP contribution < -0.4 is 10.1 Å². The molecule has 3 rings (SSSR count). The second-order valence-corrected chi connectivity index (χ2v) is 3.92. The van der Waals surface area contributed by atoms with Gasteiger partial charge in [-0.15, -0.1) is 11.3 Å². The summed E-state index contributed by atoms with van der Waals surface area (Å²) in [6.45, 7) is 1.77. The fourth-order valence-electron chi connectivity index (χ4n) is 1.26. The Balaban J connectivity index is 1.97. The molecule has 0 aliphatic carbocycles. The van der Waals surface area contributed by atoms with Gasteiger partial charge in [0.05, 0.1) is 5.51 Å². The van der Waals surface area contributed by atoms with E-state index in [0.29, 0.717) is 5.88 Å². The topological polar surface area (TPSA) is 59.9 Å². The summed E-state index contributed by atoms with van der Waals surface area (Å²) in [5.74, 6) is 0.600. The third-order valence-corrected chi connectivity index (χ3v) is 2.86. The van der Waals surface area contributed by atoms with Crippen LogP contribution in [0.4, 0.5) is 0 Å². The van der Waals surface area contributed by atoms with E-state index >= 15 is 0 Å². The molecule has 0 unspecified atom stereocenters. The van der Waals surface area contributed by atoms with Crippen LogP contribution in [0.25, 0.3) is 10.3 Å². The van der Waals surface area contributed by atoms with Crippen molar-refractivity contribution in [2.45, 2.75) is 6.10 Å². The smallest absolute Gasteiger partial charge is 0.245 e. The molecule has 3 heterocycles. The third-order valence-electron chi connectivity index (χ3n) is 2.12. The predicted molar refractivity (Wildman–Crippen MR) is 52.5 cm³/mol. The maximum atomic E-state index is 5.65. The molecule has 2 aromatic heterocycles. The molecule has 5 nitrogen and oxygen atoms in total. The molecule has 6 heteroatoms. The number of hydrogen-bond donors (Lipinski definition) is 1. The zero-order valence-corrected chi connectivity index (χ0v) is 8.12. The summed E-state index contributed by atoms with van der Waals surface area (Å²) in [6.07, 6.45) is 1.75. The number of aromatic nitrogens is 3. The standard InChI is InChI=1S/C8H8N4OS/c1-5(2-9-1)13-7-6-8(11-3-10-7)14-4-12-6/h3-5,9H,1-2H2. The Morgan fingerprint density at radius 1 is 1.36 bits per heavy atom. The Hall–Kier alpha value is -1.27. The molecular formula is C8H8N4OS. The lowest BCUT2D eigenvalue weighted by Crippen LogP contribution is -2.50. The molecule has 0 atom stereocenters. The van der Waals surface area contributed by atoms with Crippen LogP contribution in [0.15, 0.2) is 11.8 Å². The first kappa shape index (κ1) is 8.07. The van der Waals surface area contributed by atoms with Crippen molar-refractivity contribution < 1.29 is 4.74 Å². The van der Waals surface area contributed by atoms with Crippen LogP contribution >= 0.6 is 11.3 Å². The van der Waals surface area contributed by atoms with E-state index < -0.39 is 0 Å². The van der Waals surface area contributed by atoms with Gasteiger partial charge < -0.3 is 10.1 Å². The molecule has 1 N–H and O–H groups in total. The lowest BCUT2D eigenvalue weighted by Gasteiger charge is -2.26. The van der Waals surface area contributed by atoms with Crippen LogP contribution in [-0.2, 0) is 0 Å². The van der Waals surface area contributed by atoms with Crippen molar-refractivity contribution in [3.8, 4) is 5.88 Å². The number of nitrogens with one attached hydrogen (secondary N) is 1. The summed E-state index contributed by atoms with van der Waals surface area (Å²) in [5, 5.41) is 3.14. The summed E-state index contributed by atoms with van der Waals surface area (Å²) in [5.41, 5.74) is 2.52. The van der Waals surface area contributed by atoms with Crippen LogP contribution in [-0.4, -0.2) is 34.1 Å². The minimum absolute atomic E-state index is 0.231. The lowest BCUT2D eigenvalue weighted by atomic mass is 10.2. The molecule has 1 aliphatic rings. The highest BCUT2D eigenvalue weighted by atomic mass is 32.1. The Bertz CT molecular complexity index is 453. The third kappa shape index (κ3) is 1.23. The molecule has 0 saturated carbocycles. The van der Waals surface area contributed by atoms with Crippen molar-refractivity contribution in [3.63, 3.8) is 0 Å². The van der Waals surface area contributed by atoms with E-state index in [0.717, 1.165) is 23.4 Å². The van der Waals surface area contributed by atoms with Gasteiger partial charge in [-0.25, -0.2) is 9.97 Å². The average Bonchev–Trinajstić information content (AvgIpc) is 2.59. The van der Waals surface area contributed by atoms with Crippen LogP contribution in [0.5, 0.6) is 5.88 Å². The fraction of sp³-hybridized carbons (Fsp3) is 0.375. The number of ether oxygens (including phenoxy) is 1. The molecule has 0 aromatic carbocycles.